The monoisotopic (exact) mass is 226 g/mol. The van der Waals surface area contributed by atoms with Crippen molar-refractivity contribution in [1.29, 1.82) is 0 Å². The van der Waals surface area contributed by atoms with Crippen LogP contribution in [0.1, 0.15) is 0 Å². The van der Waals surface area contributed by atoms with Crippen molar-refractivity contribution >= 4 is 6.29 Å². The Bertz CT molecular complexity index is 179. The lowest BCUT2D eigenvalue weighted by atomic mass is 9.93. The van der Waals surface area contributed by atoms with Gasteiger partial charge in [0, 0.05) is 0 Å². The summed E-state index contributed by atoms with van der Waals surface area (Å²) in [6, 6.07) is 0. The van der Waals surface area contributed by atoms with Crippen LogP contribution in [-0.2, 0) is 4.79 Å². The van der Waals surface area contributed by atoms with Gasteiger partial charge in [0.05, 0.1) is 12.6 Å². The fourth-order valence-electron chi connectivity index (χ4n) is 0.875. The third kappa shape index (κ3) is 3.15. The summed E-state index contributed by atoms with van der Waals surface area (Å²) in [6.07, 6.45) is -12.0. The first-order valence-corrected chi connectivity index (χ1v) is 3.29. The molecule has 14 heavy (non-hydrogen) atoms. The zero-order chi connectivity index (χ0) is 11.6. The van der Waals surface area contributed by atoms with E-state index >= 15 is 0 Å². The van der Waals surface area contributed by atoms with E-state index in [1.165, 1.54) is 0 Å². The fraction of sp³-hybridized carbons (Fsp3) is 0.833. The Morgan fingerprint density at radius 3 is 1.43 bits per heavy atom. The average Bonchev–Trinajstić information content (AvgIpc) is 1.94. The molecule has 1 atom stereocenters. The number of carbonyl (C=O) groups is 1. The van der Waals surface area contributed by atoms with E-state index in [0.29, 0.717) is 0 Å². The number of hydrogen-bond acceptors (Lipinski definition) is 1. The van der Waals surface area contributed by atoms with Crippen molar-refractivity contribution < 1.29 is 35.5 Å². The Morgan fingerprint density at radius 2 is 1.36 bits per heavy atom. The van der Waals surface area contributed by atoms with E-state index < -0.39 is 37.1 Å². The Hall–Kier alpha value is -0.820. The highest BCUT2D eigenvalue weighted by Crippen LogP contribution is 2.43. The highest BCUT2D eigenvalue weighted by Gasteiger charge is 2.60. The Balaban J connectivity index is 5.00. The van der Waals surface area contributed by atoms with E-state index in [0.717, 1.165) is 0 Å². The van der Waals surface area contributed by atoms with Gasteiger partial charge in [-0.1, -0.05) is 0 Å². The predicted octanol–water partition coefficient (Wildman–Crippen LogP) is 2.51. The normalized spacial score (nSPS) is 15.7. The van der Waals surface area contributed by atoms with Gasteiger partial charge in [-0.25, -0.2) is 0 Å². The molecule has 0 aliphatic carbocycles. The molecule has 0 aliphatic heterocycles. The van der Waals surface area contributed by atoms with Crippen LogP contribution in [0.3, 0.4) is 0 Å². The van der Waals surface area contributed by atoms with Gasteiger partial charge in [-0.3, -0.25) is 4.39 Å². The van der Waals surface area contributed by atoms with E-state index in [9.17, 15) is 35.5 Å². The minimum atomic E-state index is -5.67. The molecule has 1 nitrogen and oxygen atoms in total. The summed E-state index contributed by atoms with van der Waals surface area (Å²) in [6.45, 7) is -1.99. The Labute approximate surface area is 73.9 Å². The van der Waals surface area contributed by atoms with E-state index in [1.54, 1.807) is 0 Å². The molecule has 0 aromatic heterocycles. The molecule has 0 saturated carbocycles. The van der Waals surface area contributed by atoms with Gasteiger partial charge in [0.2, 0.25) is 0 Å². The van der Waals surface area contributed by atoms with Crippen molar-refractivity contribution in [1.82, 2.24) is 0 Å². The van der Waals surface area contributed by atoms with Crippen LogP contribution in [0.4, 0.5) is 30.7 Å². The Morgan fingerprint density at radius 1 is 1.00 bits per heavy atom. The van der Waals surface area contributed by atoms with Crippen LogP contribution < -0.4 is 0 Å². The van der Waals surface area contributed by atoms with E-state index in [4.69, 9.17) is 0 Å². The SMILES string of the molecule is O=CC(CF)C(C(F)(F)F)C(F)(F)F. The lowest BCUT2D eigenvalue weighted by molar-refractivity contribution is -0.295. The lowest BCUT2D eigenvalue weighted by Crippen LogP contribution is -2.43. The first kappa shape index (κ1) is 13.2. The molecule has 0 aromatic rings. The number of alkyl halides is 7. The molecular weight excluding hydrogens is 221 g/mol. The standard InChI is InChI=1S/C6H5F7O/c7-1-3(2-14)4(5(8,9)10)6(11,12)13/h2-4H,1H2. The maximum absolute atomic E-state index is 11.8. The van der Waals surface area contributed by atoms with Crippen LogP contribution in [0.2, 0.25) is 0 Å². The van der Waals surface area contributed by atoms with Gasteiger partial charge in [0.25, 0.3) is 0 Å². The second-order valence-corrected chi connectivity index (χ2v) is 2.52. The molecule has 0 heterocycles. The summed E-state index contributed by atoms with van der Waals surface area (Å²) < 4.78 is 82.5. The highest BCUT2D eigenvalue weighted by atomic mass is 19.4. The molecule has 0 amide bonds. The number of hydrogen-bond donors (Lipinski definition) is 0. The summed E-state index contributed by atoms with van der Waals surface area (Å²) in [4.78, 5) is 9.83. The van der Waals surface area contributed by atoms with Crippen molar-refractivity contribution in [3.8, 4) is 0 Å². The van der Waals surface area contributed by atoms with Gasteiger partial charge in [-0.15, -0.1) is 0 Å². The first-order chi connectivity index (χ1) is 6.14. The Kier molecular flexibility index (Phi) is 3.90. The quantitative estimate of drug-likeness (QED) is 0.533. The van der Waals surface area contributed by atoms with Crippen LogP contribution in [0.25, 0.3) is 0 Å². The minimum Gasteiger partial charge on any atom is -0.303 e. The van der Waals surface area contributed by atoms with Crippen LogP contribution >= 0.6 is 0 Å². The summed E-state index contributed by atoms with van der Waals surface area (Å²) in [5.74, 6) is -6.66. The zero-order valence-electron chi connectivity index (χ0n) is 6.49. The van der Waals surface area contributed by atoms with Gasteiger partial charge in [0.1, 0.15) is 6.29 Å². The molecule has 0 rings (SSSR count). The molecule has 0 N–H and O–H groups in total. The molecule has 0 bridgehead atoms. The molecule has 8 heteroatoms. The van der Waals surface area contributed by atoms with E-state index in [2.05, 4.69) is 0 Å². The van der Waals surface area contributed by atoms with Gasteiger partial charge in [-0.2, -0.15) is 26.3 Å². The molecule has 1 unspecified atom stereocenters. The smallest absolute Gasteiger partial charge is 0.303 e. The van der Waals surface area contributed by atoms with Crippen molar-refractivity contribution in [3.63, 3.8) is 0 Å². The van der Waals surface area contributed by atoms with Crippen LogP contribution in [0.15, 0.2) is 0 Å². The van der Waals surface area contributed by atoms with Gasteiger partial charge in [-0.05, 0) is 0 Å². The third-order valence-electron chi connectivity index (χ3n) is 1.49. The third-order valence-corrected chi connectivity index (χ3v) is 1.49. The van der Waals surface area contributed by atoms with Gasteiger partial charge < -0.3 is 4.79 Å². The zero-order valence-corrected chi connectivity index (χ0v) is 6.49. The van der Waals surface area contributed by atoms with E-state index in [1.807, 2.05) is 0 Å². The first-order valence-electron chi connectivity index (χ1n) is 3.29. The largest absolute Gasteiger partial charge is 0.401 e. The van der Waals surface area contributed by atoms with Crippen molar-refractivity contribution in [2.24, 2.45) is 11.8 Å². The molecule has 0 aliphatic rings. The second kappa shape index (κ2) is 4.14. The summed E-state index contributed by atoms with van der Waals surface area (Å²) >= 11 is 0. The molecule has 0 aromatic carbocycles. The van der Waals surface area contributed by atoms with Crippen molar-refractivity contribution in [2.75, 3.05) is 6.67 Å². The molecule has 84 valence electrons. The van der Waals surface area contributed by atoms with Crippen LogP contribution in [0.5, 0.6) is 0 Å². The van der Waals surface area contributed by atoms with Crippen LogP contribution in [-0.4, -0.2) is 25.3 Å². The molecular formula is C6H5F7O. The van der Waals surface area contributed by atoms with Crippen molar-refractivity contribution in [3.05, 3.63) is 0 Å². The molecule has 0 radical (unpaired) electrons. The second-order valence-electron chi connectivity index (χ2n) is 2.52. The van der Waals surface area contributed by atoms with Gasteiger partial charge >= 0.3 is 12.4 Å². The molecule has 0 spiro atoms. The van der Waals surface area contributed by atoms with E-state index in [-0.39, 0.29) is 0 Å². The lowest BCUT2D eigenvalue weighted by Gasteiger charge is -2.25. The predicted molar refractivity (Wildman–Crippen MR) is 31.1 cm³/mol. The number of halogens is 7. The minimum absolute atomic E-state index is 0.675. The maximum Gasteiger partial charge on any atom is 0.401 e. The fourth-order valence-corrected chi connectivity index (χ4v) is 0.875. The number of aldehydes is 1. The topological polar surface area (TPSA) is 17.1 Å². The average molecular weight is 226 g/mol. The highest BCUT2D eigenvalue weighted by molar-refractivity contribution is 5.54. The summed E-state index contributed by atoms with van der Waals surface area (Å²) in [5.41, 5.74) is 0. The number of carbonyl (C=O) groups excluding carboxylic acids is 1. The molecule has 0 fully saturated rings. The number of rotatable bonds is 3. The summed E-state index contributed by atoms with van der Waals surface area (Å²) in [5, 5.41) is 0. The van der Waals surface area contributed by atoms with Crippen molar-refractivity contribution in [2.45, 2.75) is 12.4 Å². The van der Waals surface area contributed by atoms with Gasteiger partial charge in [0.15, 0.2) is 5.92 Å². The summed E-state index contributed by atoms with van der Waals surface area (Å²) in [7, 11) is 0. The maximum atomic E-state index is 11.8. The molecule has 0 saturated heterocycles. The van der Waals surface area contributed by atoms with Crippen LogP contribution in [0, 0.1) is 11.8 Å².